The van der Waals surface area contributed by atoms with Crippen molar-refractivity contribution in [1.82, 2.24) is 5.32 Å². The molecule has 0 aromatic heterocycles. The number of rotatable bonds is 4. The Balaban J connectivity index is 2.82. The van der Waals surface area contributed by atoms with Crippen molar-refractivity contribution in [3.8, 4) is 0 Å². The number of carbonyl (C=O) groups excluding carboxylic acids is 2. The van der Waals surface area contributed by atoms with E-state index in [0.717, 1.165) is 6.07 Å². The van der Waals surface area contributed by atoms with E-state index in [-0.39, 0.29) is 6.61 Å². The number of carbonyl (C=O) groups is 2. The molecule has 1 aromatic carbocycles. The maximum atomic E-state index is 13.0. The maximum absolute atomic E-state index is 13.0. The van der Waals surface area contributed by atoms with Crippen LogP contribution in [-0.4, -0.2) is 25.0 Å². The van der Waals surface area contributed by atoms with Crippen molar-refractivity contribution < 1.29 is 31.9 Å². The summed E-state index contributed by atoms with van der Waals surface area (Å²) >= 11 is 0. The highest BCUT2D eigenvalue weighted by Gasteiger charge is 2.34. The fourth-order valence-corrected chi connectivity index (χ4v) is 1.35. The first-order chi connectivity index (χ1) is 9.25. The highest BCUT2D eigenvalue weighted by Crippen LogP contribution is 2.31. The van der Waals surface area contributed by atoms with E-state index in [1.54, 1.807) is 6.92 Å². The highest BCUT2D eigenvalue weighted by atomic mass is 19.4. The summed E-state index contributed by atoms with van der Waals surface area (Å²) in [4.78, 5) is 22.5. The Morgan fingerprint density at radius 1 is 1.30 bits per heavy atom. The van der Waals surface area contributed by atoms with Gasteiger partial charge in [0.2, 0.25) is 0 Å². The summed E-state index contributed by atoms with van der Waals surface area (Å²) in [5, 5.41) is 2.08. The lowest BCUT2D eigenvalue weighted by Gasteiger charge is -2.10. The molecule has 1 N–H and O–H groups in total. The lowest BCUT2D eigenvalue weighted by Crippen LogP contribution is -2.30. The lowest BCUT2D eigenvalue weighted by atomic mass is 10.1. The molecule has 0 aliphatic carbocycles. The first-order valence-electron chi connectivity index (χ1n) is 5.56. The van der Waals surface area contributed by atoms with E-state index in [1.807, 2.05) is 0 Å². The Hall–Kier alpha value is -2.12. The molecule has 0 bridgehead atoms. The number of nitrogens with one attached hydrogen (secondary N) is 1. The molecule has 0 saturated heterocycles. The molecule has 1 amide bonds. The summed E-state index contributed by atoms with van der Waals surface area (Å²) in [6.07, 6.45) is -4.90. The molecule has 20 heavy (non-hydrogen) atoms. The largest absolute Gasteiger partial charge is 0.465 e. The van der Waals surface area contributed by atoms with Gasteiger partial charge in [-0.2, -0.15) is 13.2 Å². The van der Waals surface area contributed by atoms with Gasteiger partial charge in [-0.1, -0.05) is 0 Å². The van der Waals surface area contributed by atoms with Crippen LogP contribution in [0.15, 0.2) is 18.2 Å². The lowest BCUT2D eigenvalue weighted by molar-refractivity contribution is -0.142. The van der Waals surface area contributed by atoms with Crippen LogP contribution in [0.25, 0.3) is 0 Å². The van der Waals surface area contributed by atoms with Crippen LogP contribution < -0.4 is 5.32 Å². The van der Waals surface area contributed by atoms with Gasteiger partial charge in [0.25, 0.3) is 5.91 Å². The summed E-state index contributed by atoms with van der Waals surface area (Å²) < 4.78 is 54.9. The number of amides is 1. The minimum atomic E-state index is -4.90. The smallest absolute Gasteiger partial charge is 0.419 e. The third kappa shape index (κ3) is 4.22. The van der Waals surface area contributed by atoms with Crippen LogP contribution in [0, 0.1) is 5.82 Å². The van der Waals surface area contributed by atoms with E-state index in [2.05, 4.69) is 10.1 Å². The van der Waals surface area contributed by atoms with Crippen molar-refractivity contribution in [2.45, 2.75) is 13.1 Å². The second-order valence-corrected chi connectivity index (χ2v) is 3.68. The molecule has 0 unspecified atom stereocenters. The van der Waals surface area contributed by atoms with Crippen LogP contribution in [0.4, 0.5) is 17.6 Å². The Labute approximate surface area is 111 Å². The minimum Gasteiger partial charge on any atom is -0.465 e. The van der Waals surface area contributed by atoms with Gasteiger partial charge in [-0.25, -0.2) is 4.39 Å². The monoisotopic (exact) mass is 293 g/mol. The van der Waals surface area contributed by atoms with E-state index in [9.17, 15) is 27.2 Å². The van der Waals surface area contributed by atoms with Crippen molar-refractivity contribution >= 4 is 11.9 Å². The zero-order chi connectivity index (χ0) is 15.3. The highest BCUT2D eigenvalue weighted by molar-refractivity contribution is 5.96. The van der Waals surface area contributed by atoms with Gasteiger partial charge in [0.15, 0.2) is 0 Å². The molecule has 4 nitrogen and oxygen atoms in total. The molecule has 110 valence electrons. The second kappa shape index (κ2) is 6.36. The Bertz CT molecular complexity index is 514. The van der Waals surface area contributed by atoms with Crippen LogP contribution in [0.1, 0.15) is 22.8 Å². The Kier molecular flexibility index (Phi) is 5.06. The van der Waals surface area contributed by atoms with Crippen molar-refractivity contribution in [2.24, 2.45) is 0 Å². The van der Waals surface area contributed by atoms with E-state index < -0.39 is 41.5 Å². The molecule has 0 spiro atoms. The van der Waals surface area contributed by atoms with Gasteiger partial charge in [0.05, 0.1) is 12.2 Å². The van der Waals surface area contributed by atoms with Crippen LogP contribution in [0.2, 0.25) is 0 Å². The number of hydrogen-bond acceptors (Lipinski definition) is 3. The topological polar surface area (TPSA) is 55.4 Å². The van der Waals surface area contributed by atoms with Crippen molar-refractivity contribution in [3.63, 3.8) is 0 Å². The van der Waals surface area contributed by atoms with Gasteiger partial charge < -0.3 is 10.1 Å². The van der Waals surface area contributed by atoms with Gasteiger partial charge in [0.1, 0.15) is 12.4 Å². The van der Waals surface area contributed by atoms with Crippen LogP contribution in [0.3, 0.4) is 0 Å². The van der Waals surface area contributed by atoms with Crippen molar-refractivity contribution in [1.29, 1.82) is 0 Å². The van der Waals surface area contributed by atoms with Crippen molar-refractivity contribution in [2.75, 3.05) is 13.2 Å². The first kappa shape index (κ1) is 15.9. The van der Waals surface area contributed by atoms with E-state index >= 15 is 0 Å². The van der Waals surface area contributed by atoms with Gasteiger partial charge >= 0.3 is 12.1 Å². The predicted molar refractivity (Wildman–Crippen MR) is 60.4 cm³/mol. The molecule has 1 rings (SSSR count). The normalized spacial score (nSPS) is 11.1. The number of ether oxygens (including phenoxy) is 1. The van der Waals surface area contributed by atoms with Gasteiger partial charge in [-0.05, 0) is 25.1 Å². The van der Waals surface area contributed by atoms with Gasteiger partial charge in [-0.15, -0.1) is 0 Å². The Morgan fingerprint density at radius 2 is 1.95 bits per heavy atom. The number of alkyl halides is 3. The molecule has 8 heteroatoms. The average Bonchev–Trinajstić information content (AvgIpc) is 2.35. The zero-order valence-electron chi connectivity index (χ0n) is 10.4. The van der Waals surface area contributed by atoms with Crippen LogP contribution in [-0.2, 0) is 15.7 Å². The second-order valence-electron chi connectivity index (χ2n) is 3.68. The maximum Gasteiger partial charge on any atom is 0.419 e. The number of benzene rings is 1. The third-order valence-corrected chi connectivity index (χ3v) is 2.23. The standard InChI is InChI=1S/C12H11F4NO3/c1-2-20-10(18)6-17-11(19)7-3-4-9(13)8(5-7)12(14,15)16/h3-5H,2,6H2,1H3,(H,17,19). The molecule has 1 aromatic rings. The number of esters is 1. The minimum absolute atomic E-state index is 0.115. The van der Waals surface area contributed by atoms with E-state index in [4.69, 9.17) is 0 Å². The summed E-state index contributed by atoms with van der Waals surface area (Å²) in [5.41, 5.74) is -1.94. The molecule has 0 heterocycles. The van der Waals surface area contributed by atoms with Crippen molar-refractivity contribution in [3.05, 3.63) is 35.1 Å². The number of hydrogen-bond donors (Lipinski definition) is 1. The molecule has 0 radical (unpaired) electrons. The van der Waals surface area contributed by atoms with E-state index in [0.29, 0.717) is 12.1 Å². The Morgan fingerprint density at radius 3 is 2.50 bits per heavy atom. The summed E-state index contributed by atoms with van der Waals surface area (Å²) in [6.45, 7) is 1.20. The van der Waals surface area contributed by atoms with Crippen LogP contribution >= 0.6 is 0 Å². The molecule has 0 saturated carbocycles. The van der Waals surface area contributed by atoms with Gasteiger partial charge in [-0.3, -0.25) is 9.59 Å². The SMILES string of the molecule is CCOC(=O)CNC(=O)c1ccc(F)c(C(F)(F)F)c1. The number of halogens is 4. The fraction of sp³-hybridized carbons (Fsp3) is 0.333. The quantitative estimate of drug-likeness (QED) is 0.683. The zero-order valence-corrected chi connectivity index (χ0v) is 10.4. The first-order valence-corrected chi connectivity index (χ1v) is 5.56. The average molecular weight is 293 g/mol. The molecule has 0 atom stereocenters. The third-order valence-electron chi connectivity index (χ3n) is 2.23. The summed E-state index contributed by atoms with van der Waals surface area (Å²) in [6, 6.07) is 1.82. The van der Waals surface area contributed by atoms with Gasteiger partial charge in [0, 0.05) is 5.56 Å². The summed E-state index contributed by atoms with van der Waals surface area (Å²) in [7, 11) is 0. The molecule has 0 aliphatic rings. The van der Waals surface area contributed by atoms with E-state index in [1.165, 1.54) is 0 Å². The molecule has 0 aliphatic heterocycles. The molecular formula is C12H11F4NO3. The summed E-state index contributed by atoms with van der Waals surface area (Å²) in [5.74, 6) is -3.12. The van der Waals surface area contributed by atoms with Crippen LogP contribution in [0.5, 0.6) is 0 Å². The molecule has 0 fully saturated rings. The fourth-order valence-electron chi connectivity index (χ4n) is 1.35. The molecular weight excluding hydrogens is 282 g/mol. The predicted octanol–water partition coefficient (Wildman–Crippen LogP) is 2.14.